The molecule has 2 N–H and O–H groups in total. The number of nitrogens with zero attached hydrogens (tertiary/aromatic N) is 2. The van der Waals surface area contributed by atoms with Crippen molar-refractivity contribution < 1.29 is 9.53 Å². The number of hydrogen-bond donors (Lipinski definition) is 1. The van der Waals surface area contributed by atoms with Gasteiger partial charge in [0.15, 0.2) is 6.61 Å². The van der Waals surface area contributed by atoms with E-state index in [2.05, 4.69) is 5.10 Å². The molecule has 0 atom stereocenters. The standard InChI is InChI=1S/C14H19N3O2/c15-16-10-12-4-6-13(7-5-12)19-11-14(18)17-8-2-1-3-9-17/h4-7,10H,1-3,8-9,11,15H2. The molecule has 5 heteroatoms. The van der Waals surface area contributed by atoms with E-state index in [4.69, 9.17) is 10.6 Å². The van der Waals surface area contributed by atoms with E-state index in [0.717, 1.165) is 31.5 Å². The Morgan fingerprint density at radius 1 is 1.26 bits per heavy atom. The zero-order valence-corrected chi connectivity index (χ0v) is 10.9. The van der Waals surface area contributed by atoms with Crippen molar-refractivity contribution in [1.29, 1.82) is 0 Å². The lowest BCUT2D eigenvalue weighted by molar-refractivity contribution is -0.134. The van der Waals surface area contributed by atoms with Gasteiger partial charge >= 0.3 is 0 Å². The van der Waals surface area contributed by atoms with E-state index in [9.17, 15) is 4.79 Å². The highest BCUT2D eigenvalue weighted by molar-refractivity contribution is 5.79. The summed E-state index contributed by atoms with van der Waals surface area (Å²) in [6, 6.07) is 7.30. The second-order valence-electron chi connectivity index (χ2n) is 4.58. The highest BCUT2D eigenvalue weighted by atomic mass is 16.5. The van der Waals surface area contributed by atoms with Crippen molar-refractivity contribution in [3.8, 4) is 5.75 Å². The molecule has 0 unspecified atom stereocenters. The van der Waals surface area contributed by atoms with Crippen LogP contribution in [-0.4, -0.2) is 36.7 Å². The number of hydrazone groups is 1. The Morgan fingerprint density at radius 3 is 2.58 bits per heavy atom. The summed E-state index contributed by atoms with van der Waals surface area (Å²) in [5, 5.41) is 3.44. The predicted molar refractivity (Wildman–Crippen MR) is 74.1 cm³/mol. The van der Waals surface area contributed by atoms with Crippen molar-refractivity contribution in [2.24, 2.45) is 10.9 Å². The summed E-state index contributed by atoms with van der Waals surface area (Å²) < 4.78 is 5.49. The smallest absolute Gasteiger partial charge is 0.260 e. The molecule has 5 nitrogen and oxygen atoms in total. The van der Waals surface area contributed by atoms with Gasteiger partial charge in [0.2, 0.25) is 0 Å². The number of rotatable bonds is 4. The van der Waals surface area contributed by atoms with Gasteiger partial charge in [-0.15, -0.1) is 0 Å². The maximum Gasteiger partial charge on any atom is 0.260 e. The van der Waals surface area contributed by atoms with Gasteiger partial charge in [0.1, 0.15) is 5.75 Å². The van der Waals surface area contributed by atoms with Gasteiger partial charge in [-0.3, -0.25) is 4.79 Å². The minimum Gasteiger partial charge on any atom is -0.484 e. The van der Waals surface area contributed by atoms with Crippen LogP contribution in [0.4, 0.5) is 0 Å². The predicted octanol–water partition coefficient (Wildman–Crippen LogP) is 1.37. The van der Waals surface area contributed by atoms with E-state index in [-0.39, 0.29) is 12.5 Å². The maximum atomic E-state index is 11.9. The second-order valence-corrected chi connectivity index (χ2v) is 4.58. The molecular weight excluding hydrogens is 242 g/mol. The van der Waals surface area contributed by atoms with Gasteiger partial charge in [0, 0.05) is 13.1 Å². The molecule has 0 aromatic heterocycles. The number of carbonyl (C=O) groups is 1. The third-order valence-electron chi connectivity index (χ3n) is 3.17. The number of likely N-dealkylation sites (tertiary alicyclic amines) is 1. The Bertz CT molecular complexity index is 437. The molecule has 1 saturated heterocycles. The summed E-state index contributed by atoms with van der Waals surface area (Å²) in [7, 11) is 0. The molecule has 1 fully saturated rings. The van der Waals surface area contributed by atoms with Gasteiger partial charge in [-0.2, -0.15) is 5.10 Å². The average Bonchev–Trinajstić information content (AvgIpc) is 2.47. The highest BCUT2D eigenvalue weighted by Crippen LogP contribution is 2.13. The normalized spacial score (nSPS) is 15.7. The van der Waals surface area contributed by atoms with Gasteiger partial charge < -0.3 is 15.5 Å². The molecule has 0 saturated carbocycles. The van der Waals surface area contributed by atoms with Crippen LogP contribution in [0.25, 0.3) is 0 Å². The number of nitrogens with two attached hydrogens (primary N) is 1. The van der Waals surface area contributed by atoms with Crippen LogP contribution in [0.15, 0.2) is 29.4 Å². The van der Waals surface area contributed by atoms with Crippen LogP contribution in [-0.2, 0) is 4.79 Å². The molecule has 1 aromatic carbocycles. The van der Waals surface area contributed by atoms with Crippen molar-refractivity contribution in [1.82, 2.24) is 4.90 Å². The lowest BCUT2D eigenvalue weighted by Crippen LogP contribution is -2.38. The summed E-state index contributed by atoms with van der Waals surface area (Å²) in [4.78, 5) is 13.8. The Hall–Kier alpha value is -2.04. The summed E-state index contributed by atoms with van der Waals surface area (Å²) >= 11 is 0. The number of piperidine rings is 1. The third-order valence-corrected chi connectivity index (χ3v) is 3.17. The third kappa shape index (κ3) is 3.98. The molecule has 0 spiro atoms. The Morgan fingerprint density at radius 2 is 1.95 bits per heavy atom. The second kappa shape index (κ2) is 6.78. The number of carbonyl (C=O) groups excluding carboxylic acids is 1. The molecule has 0 aliphatic carbocycles. The van der Waals surface area contributed by atoms with Crippen molar-refractivity contribution >= 4 is 12.1 Å². The largest absolute Gasteiger partial charge is 0.484 e. The Labute approximate surface area is 113 Å². The van der Waals surface area contributed by atoms with Crippen LogP contribution in [0.1, 0.15) is 24.8 Å². The van der Waals surface area contributed by atoms with Gasteiger partial charge in [-0.25, -0.2) is 0 Å². The zero-order valence-electron chi connectivity index (χ0n) is 10.9. The highest BCUT2D eigenvalue weighted by Gasteiger charge is 2.16. The maximum absolute atomic E-state index is 11.9. The first kappa shape index (κ1) is 13.4. The zero-order chi connectivity index (χ0) is 13.5. The van der Waals surface area contributed by atoms with Crippen LogP contribution in [0.5, 0.6) is 5.75 Å². The molecule has 1 aliphatic rings. The minimum atomic E-state index is 0.0623. The summed E-state index contributed by atoms with van der Waals surface area (Å²) in [6.45, 7) is 1.81. The van der Waals surface area contributed by atoms with Crippen molar-refractivity contribution in [3.63, 3.8) is 0 Å². The van der Waals surface area contributed by atoms with Gasteiger partial charge in [0.05, 0.1) is 6.21 Å². The van der Waals surface area contributed by atoms with E-state index < -0.39 is 0 Å². The lowest BCUT2D eigenvalue weighted by Gasteiger charge is -2.26. The Balaban J connectivity index is 1.82. The molecular formula is C14H19N3O2. The fourth-order valence-corrected chi connectivity index (χ4v) is 2.12. The van der Waals surface area contributed by atoms with Crippen molar-refractivity contribution in [2.75, 3.05) is 19.7 Å². The molecule has 102 valence electrons. The van der Waals surface area contributed by atoms with Crippen LogP contribution in [0, 0.1) is 0 Å². The van der Waals surface area contributed by atoms with Gasteiger partial charge in [0.25, 0.3) is 5.91 Å². The number of amides is 1. The lowest BCUT2D eigenvalue weighted by atomic mass is 10.1. The van der Waals surface area contributed by atoms with E-state index in [1.165, 1.54) is 6.42 Å². The first-order valence-corrected chi connectivity index (χ1v) is 6.53. The van der Waals surface area contributed by atoms with Crippen LogP contribution >= 0.6 is 0 Å². The summed E-state index contributed by atoms with van der Waals surface area (Å²) in [5.74, 6) is 5.81. The van der Waals surface area contributed by atoms with Crippen molar-refractivity contribution in [3.05, 3.63) is 29.8 Å². The van der Waals surface area contributed by atoms with E-state index >= 15 is 0 Å². The summed E-state index contributed by atoms with van der Waals surface area (Å²) in [6.07, 6.45) is 4.97. The summed E-state index contributed by atoms with van der Waals surface area (Å²) in [5.41, 5.74) is 0.900. The minimum absolute atomic E-state index is 0.0623. The fourth-order valence-electron chi connectivity index (χ4n) is 2.12. The molecule has 19 heavy (non-hydrogen) atoms. The van der Waals surface area contributed by atoms with Crippen LogP contribution < -0.4 is 10.6 Å². The first-order valence-electron chi connectivity index (χ1n) is 6.53. The van der Waals surface area contributed by atoms with E-state index in [1.54, 1.807) is 18.3 Å². The van der Waals surface area contributed by atoms with E-state index in [1.807, 2.05) is 17.0 Å². The molecule has 0 bridgehead atoms. The first-order chi connectivity index (χ1) is 9.29. The molecule has 1 aliphatic heterocycles. The van der Waals surface area contributed by atoms with Crippen LogP contribution in [0.2, 0.25) is 0 Å². The van der Waals surface area contributed by atoms with Gasteiger partial charge in [-0.05, 0) is 49.1 Å². The average molecular weight is 261 g/mol. The van der Waals surface area contributed by atoms with E-state index in [0.29, 0.717) is 5.75 Å². The number of benzene rings is 1. The van der Waals surface area contributed by atoms with Gasteiger partial charge in [-0.1, -0.05) is 0 Å². The topological polar surface area (TPSA) is 67.9 Å². The molecule has 2 rings (SSSR count). The van der Waals surface area contributed by atoms with Crippen LogP contribution in [0.3, 0.4) is 0 Å². The molecule has 0 radical (unpaired) electrons. The number of hydrogen-bond acceptors (Lipinski definition) is 4. The van der Waals surface area contributed by atoms with Crippen molar-refractivity contribution in [2.45, 2.75) is 19.3 Å². The molecule has 1 amide bonds. The molecule has 1 heterocycles. The quantitative estimate of drug-likeness (QED) is 0.505. The fraction of sp³-hybridized carbons (Fsp3) is 0.429. The molecule has 1 aromatic rings. The monoisotopic (exact) mass is 261 g/mol. The Kier molecular flexibility index (Phi) is 4.78. The number of ether oxygens (including phenoxy) is 1. The SMILES string of the molecule is NN=Cc1ccc(OCC(=O)N2CCCCC2)cc1.